The summed E-state index contributed by atoms with van der Waals surface area (Å²) in [4.78, 5) is 14.1. The van der Waals surface area contributed by atoms with Crippen LogP contribution >= 0.6 is 0 Å². The number of nitrogens with zero attached hydrogens (tertiary/aromatic N) is 1. The Morgan fingerprint density at radius 2 is 1.96 bits per heavy atom. The average Bonchev–Trinajstić information content (AvgIpc) is 2.98. The first-order valence-electron chi connectivity index (χ1n) is 7.25. The van der Waals surface area contributed by atoms with Crippen LogP contribution in [-0.4, -0.2) is 26.4 Å². The lowest BCUT2D eigenvalue weighted by Gasteiger charge is -2.20. The number of fused-ring (bicyclic) bond motifs is 2. The third-order valence-electron chi connectivity index (χ3n) is 3.92. The number of rotatable bonds is 2. The fourth-order valence-electron chi connectivity index (χ4n) is 2.77. The number of benzene rings is 2. The van der Waals surface area contributed by atoms with E-state index in [4.69, 9.17) is 18.9 Å². The molecule has 6 heteroatoms. The van der Waals surface area contributed by atoms with Gasteiger partial charge in [0.1, 0.15) is 0 Å². The molecule has 0 spiro atoms. The second-order valence-electron chi connectivity index (χ2n) is 5.25. The molecule has 0 unspecified atom stereocenters. The van der Waals surface area contributed by atoms with E-state index in [1.165, 1.54) is 0 Å². The Hall–Kier alpha value is -2.89. The van der Waals surface area contributed by atoms with E-state index in [0.29, 0.717) is 29.5 Å². The van der Waals surface area contributed by atoms with E-state index < -0.39 is 0 Å². The lowest BCUT2D eigenvalue weighted by molar-refractivity contribution is -0.120. The summed E-state index contributed by atoms with van der Waals surface area (Å²) in [6.45, 7) is 0.572. The Morgan fingerprint density at radius 3 is 2.83 bits per heavy atom. The highest BCUT2D eigenvalue weighted by Crippen LogP contribution is 2.38. The number of methoxy groups -OCH3 is 1. The summed E-state index contributed by atoms with van der Waals surface area (Å²) >= 11 is 0. The Morgan fingerprint density at radius 1 is 1.09 bits per heavy atom. The number of hydrogen-bond donors (Lipinski definition) is 0. The number of ether oxygens (including phenoxy) is 4. The molecule has 0 bridgehead atoms. The maximum absolute atomic E-state index is 12.5. The fraction of sp³-hybridized carbons (Fsp3) is 0.235. The molecule has 0 atom stereocenters. The van der Waals surface area contributed by atoms with Crippen LogP contribution in [0, 0.1) is 0 Å². The van der Waals surface area contributed by atoms with Gasteiger partial charge in [0.15, 0.2) is 29.6 Å². The number of amides is 1. The summed E-state index contributed by atoms with van der Waals surface area (Å²) in [7, 11) is 1.58. The van der Waals surface area contributed by atoms with Crippen LogP contribution in [0.5, 0.6) is 23.0 Å². The zero-order valence-electron chi connectivity index (χ0n) is 12.6. The van der Waals surface area contributed by atoms with Gasteiger partial charge in [-0.2, -0.15) is 0 Å². The molecule has 1 amide bonds. The molecule has 0 saturated heterocycles. The van der Waals surface area contributed by atoms with Gasteiger partial charge in [0.2, 0.25) is 6.79 Å². The number of carbonyl (C=O) groups excluding carboxylic acids is 1. The summed E-state index contributed by atoms with van der Waals surface area (Å²) in [6.07, 6.45) is 0. The monoisotopic (exact) mass is 313 g/mol. The summed E-state index contributed by atoms with van der Waals surface area (Å²) in [5, 5.41) is 0. The Bertz CT molecular complexity index is 774. The molecule has 6 nitrogen and oxygen atoms in total. The molecule has 4 rings (SSSR count). The average molecular weight is 313 g/mol. The minimum Gasteiger partial charge on any atom is -0.493 e. The quantitative estimate of drug-likeness (QED) is 0.852. The molecule has 0 aromatic heterocycles. The van der Waals surface area contributed by atoms with Crippen molar-refractivity contribution >= 4 is 11.6 Å². The third-order valence-corrected chi connectivity index (χ3v) is 3.92. The molecule has 0 radical (unpaired) electrons. The van der Waals surface area contributed by atoms with E-state index >= 15 is 0 Å². The molecule has 118 valence electrons. The van der Waals surface area contributed by atoms with Crippen LogP contribution in [0.15, 0.2) is 36.4 Å². The van der Waals surface area contributed by atoms with E-state index in [2.05, 4.69) is 0 Å². The van der Waals surface area contributed by atoms with Crippen LogP contribution < -0.4 is 23.8 Å². The van der Waals surface area contributed by atoms with Gasteiger partial charge in [0.25, 0.3) is 5.91 Å². The summed E-state index contributed by atoms with van der Waals surface area (Å²) in [5.41, 5.74) is 1.64. The lowest BCUT2D eigenvalue weighted by Crippen LogP contribution is -2.32. The minimum absolute atomic E-state index is 0.0399. The van der Waals surface area contributed by atoms with Crippen molar-refractivity contribution in [3.05, 3.63) is 42.0 Å². The van der Waals surface area contributed by atoms with Crippen molar-refractivity contribution < 1.29 is 23.7 Å². The van der Waals surface area contributed by atoms with E-state index in [1.807, 2.05) is 36.4 Å². The van der Waals surface area contributed by atoms with Gasteiger partial charge in [0.05, 0.1) is 13.7 Å². The van der Waals surface area contributed by atoms with Crippen LogP contribution in [0.2, 0.25) is 0 Å². The number of hydrogen-bond acceptors (Lipinski definition) is 5. The van der Waals surface area contributed by atoms with E-state index in [0.717, 1.165) is 11.3 Å². The maximum Gasteiger partial charge on any atom is 0.265 e. The van der Waals surface area contributed by atoms with Crippen molar-refractivity contribution in [2.75, 3.05) is 25.4 Å². The predicted molar refractivity (Wildman–Crippen MR) is 82.2 cm³/mol. The fourth-order valence-corrected chi connectivity index (χ4v) is 2.77. The first-order valence-corrected chi connectivity index (χ1v) is 7.25. The van der Waals surface area contributed by atoms with E-state index in [-0.39, 0.29) is 19.3 Å². The van der Waals surface area contributed by atoms with E-state index in [9.17, 15) is 4.79 Å². The topological polar surface area (TPSA) is 57.2 Å². The van der Waals surface area contributed by atoms with Crippen LogP contribution in [0.3, 0.4) is 0 Å². The standard InChI is InChI=1S/C17H15NO5/c1-20-14-4-2-3-11-8-18(16(19)9-21-17(11)14)12-5-6-13-15(7-12)23-10-22-13/h2-7H,8-10H2,1H3. The Balaban J connectivity index is 1.72. The molecule has 2 aromatic carbocycles. The van der Waals surface area contributed by atoms with Crippen LogP contribution in [0.4, 0.5) is 5.69 Å². The van der Waals surface area contributed by atoms with Crippen molar-refractivity contribution in [3.8, 4) is 23.0 Å². The Kier molecular flexibility index (Phi) is 3.22. The van der Waals surface area contributed by atoms with Crippen LogP contribution in [0.1, 0.15) is 5.56 Å². The molecule has 0 N–H and O–H groups in total. The van der Waals surface area contributed by atoms with Crippen LogP contribution in [0.25, 0.3) is 0 Å². The van der Waals surface area contributed by atoms with Crippen molar-refractivity contribution in [3.63, 3.8) is 0 Å². The molecular formula is C17H15NO5. The molecule has 0 saturated carbocycles. The van der Waals surface area contributed by atoms with Crippen molar-refractivity contribution in [1.29, 1.82) is 0 Å². The van der Waals surface area contributed by atoms with Gasteiger partial charge in [-0.05, 0) is 18.2 Å². The zero-order valence-corrected chi connectivity index (χ0v) is 12.6. The van der Waals surface area contributed by atoms with Gasteiger partial charge in [-0.3, -0.25) is 4.79 Å². The minimum atomic E-state index is -0.123. The maximum atomic E-state index is 12.5. The molecule has 2 aliphatic heterocycles. The highest BCUT2D eigenvalue weighted by molar-refractivity contribution is 5.95. The molecule has 2 heterocycles. The smallest absolute Gasteiger partial charge is 0.265 e. The number of anilines is 1. The second kappa shape index (κ2) is 5.39. The molecule has 0 fully saturated rings. The highest BCUT2D eigenvalue weighted by atomic mass is 16.7. The van der Waals surface area contributed by atoms with Gasteiger partial charge >= 0.3 is 0 Å². The normalized spacial score (nSPS) is 15.7. The van der Waals surface area contributed by atoms with Crippen molar-refractivity contribution in [2.45, 2.75) is 6.54 Å². The van der Waals surface area contributed by atoms with Gasteiger partial charge in [-0.25, -0.2) is 0 Å². The number of para-hydroxylation sites is 1. The Labute approximate surface area is 133 Å². The van der Waals surface area contributed by atoms with Crippen molar-refractivity contribution in [2.24, 2.45) is 0 Å². The van der Waals surface area contributed by atoms with Gasteiger partial charge < -0.3 is 23.8 Å². The predicted octanol–water partition coefficient (Wildman–Crippen LogP) is 2.35. The summed E-state index contributed by atoms with van der Waals surface area (Å²) < 4.78 is 21.7. The van der Waals surface area contributed by atoms with Gasteiger partial charge in [-0.1, -0.05) is 12.1 Å². The molecule has 2 aliphatic rings. The number of carbonyl (C=O) groups is 1. The first-order chi connectivity index (χ1) is 11.3. The summed E-state index contributed by atoms with van der Waals surface area (Å²) in [5.74, 6) is 2.46. The third kappa shape index (κ3) is 2.32. The zero-order chi connectivity index (χ0) is 15.8. The van der Waals surface area contributed by atoms with Crippen molar-refractivity contribution in [1.82, 2.24) is 0 Å². The molecular weight excluding hydrogens is 298 g/mol. The molecule has 23 heavy (non-hydrogen) atoms. The summed E-state index contributed by atoms with van der Waals surface area (Å²) in [6, 6.07) is 11.1. The SMILES string of the molecule is COc1cccc2c1OCC(=O)N(c1ccc3c(c1)OCO3)C2. The van der Waals surface area contributed by atoms with Gasteiger partial charge in [-0.15, -0.1) is 0 Å². The molecule has 2 aromatic rings. The molecule has 0 aliphatic carbocycles. The van der Waals surface area contributed by atoms with Gasteiger partial charge in [0, 0.05) is 17.3 Å². The lowest BCUT2D eigenvalue weighted by atomic mass is 10.1. The highest BCUT2D eigenvalue weighted by Gasteiger charge is 2.26. The van der Waals surface area contributed by atoms with Crippen LogP contribution in [-0.2, 0) is 11.3 Å². The van der Waals surface area contributed by atoms with E-state index in [1.54, 1.807) is 12.0 Å². The first kappa shape index (κ1) is 13.8. The largest absolute Gasteiger partial charge is 0.493 e. The second-order valence-corrected chi connectivity index (χ2v) is 5.25.